The van der Waals surface area contributed by atoms with E-state index in [1.165, 1.54) is 0 Å². The van der Waals surface area contributed by atoms with Crippen molar-refractivity contribution in [2.24, 2.45) is 0 Å². The summed E-state index contributed by atoms with van der Waals surface area (Å²) in [5.41, 5.74) is 2.61. The molecule has 86 valence electrons. The van der Waals surface area contributed by atoms with Gasteiger partial charge in [0.05, 0.1) is 12.2 Å². The SMILES string of the molecule is CC.CCOC(=O)c1c(CC)c[nH]c1C. The first-order valence-electron chi connectivity index (χ1n) is 5.54. The molecule has 0 aliphatic heterocycles. The fourth-order valence-corrected chi connectivity index (χ4v) is 1.35. The molecular weight excluding hydrogens is 190 g/mol. The molecule has 0 aromatic carbocycles. The van der Waals surface area contributed by atoms with Crippen LogP contribution >= 0.6 is 0 Å². The highest BCUT2D eigenvalue weighted by Crippen LogP contribution is 2.15. The Labute approximate surface area is 91.8 Å². The molecule has 0 saturated heterocycles. The Morgan fingerprint density at radius 1 is 1.40 bits per heavy atom. The zero-order valence-corrected chi connectivity index (χ0v) is 10.3. The van der Waals surface area contributed by atoms with Crippen molar-refractivity contribution in [1.82, 2.24) is 4.98 Å². The van der Waals surface area contributed by atoms with E-state index in [9.17, 15) is 4.79 Å². The number of ether oxygens (including phenoxy) is 1. The second-order valence-corrected chi connectivity index (χ2v) is 2.89. The van der Waals surface area contributed by atoms with Crippen LogP contribution in [0.15, 0.2) is 6.20 Å². The Hall–Kier alpha value is -1.25. The number of nitrogens with one attached hydrogen (secondary N) is 1. The zero-order valence-electron chi connectivity index (χ0n) is 10.3. The summed E-state index contributed by atoms with van der Waals surface area (Å²) in [5, 5.41) is 0. The third kappa shape index (κ3) is 3.42. The van der Waals surface area contributed by atoms with Gasteiger partial charge in [-0.3, -0.25) is 0 Å². The number of rotatable bonds is 3. The average Bonchev–Trinajstić information content (AvgIpc) is 2.63. The number of aromatic amines is 1. The third-order valence-electron chi connectivity index (χ3n) is 2.02. The maximum Gasteiger partial charge on any atom is 0.340 e. The summed E-state index contributed by atoms with van der Waals surface area (Å²) in [6.45, 7) is 10.1. The van der Waals surface area contributed by atoms with Crippen molar-refractivity contribution < 1.29 is 9.53 Å². The molecule has 0 radical (unpaired) electrons. The molecule has 0 aliphatic rings. The van der Waals surface area contributed by atoms with Crippen LogP contribution in [0.2, 0.25) is 0 Å². The van der Waals surface area contributed by atoms with Crippen molar-refractivity contribution in [3.8, 4) is 0 Å². The van der Waals surface area contributed by atoms with Gasteiger partial charge in [0.15, 0.2) is 0 Å². The van der Waals surface area contributed by atoms with Gasteiger partial charge in [0.2, 0.25) is 0 Å². The molecule has 0 atom stereocenters. The van der Waals surface area contributed by atoms with Crippen molar-refractivity contribution in [2.45, 2.75) is 41.0 Å². The van der Waals surface area contributed by atoms with Crippen LogP contribution in [-0.4, -0.2) is 17.6 Å². The summed E-state index contributed by atoms with van der Waals surface area (Å²) in [7, 11) is 0. The predicted octanol–water partition coefficient (Wildman–Crippen LogP) is 3.09. The monoisotopic (exact) mass is 211 g/mol. The predicted molar refractivity (Wildman–Crippen MR) is 62.2 cm³/mol. The van der Waals surface area contributed by atoms with Gasteiger partial charge in [0.1, 0.15) is 0 Å². The smallest absolute Gasteiger partial charge is 0.340 e. The highest BCUT2D eigenvalue weighted by Gasteiger charge is 2.15. The highest BCUT2D eigenvalue weighted by molar-refractivity contribution is 5.92. The first kappa shape index (κ1) is 13.8. The lowest BCUT2D eigenvalue weighted by Gasteiger charge is -2.02. The number of aryl methyl sites for hydroxylation is 2. The standard InChI is InChI=1S/C10H15NO2.C2H6/c1-4-8-6-11-7(3)9(8)10(12)13-5-2;1-2/h6,11H,4-5H2,1-3H3;1-2H3. The Morgan fingerprint density at radius 3 is 2.47 bits per heavy atom. The van der Waals surface area contributed by atoms with Crippen molar-refractivity contribution in [2.75, 3.05) is 6.61 Å². The molecule has 0 fully saturated rings. The van der Waals surface area contributed by atoms with Gasteiger partial charge in [-0.15, -0.1) is 0 Å². The number of hydrogen-bond acceptors (Lipinski definition) is 2. The van der Waals surface area contributed by atoms with E-state index in [2.05, 4.69) is 4.98 Å². The maximum absolute atomic E-state index is 11.5. The Morgan fingerprint density at radius 2 is 2.00 bits per heavy atom. The van der Waals surface area contributed by atoms with Crippen LogP contribution in [0.4, 0.5) is 0 Å². The van der Waals surface area contributed by atoms with Gasteiger partial charge < -0.3 is 9.72 Å². The minimum atomic E-state index is -0.224. The van der Waals surface area contributed by atoms with E-state index in [-0.39, 0.29) is 5.97 Å². The topological polar surface area (TPSA) is 42.1 Å². The lowest BCUT2D eigenvalue weighted by Crippen LogP contribution is -2.07. The molecular formula is C12H21NO2. The van der Waals surface area contributed by atoms with Gasteiger partial charge in [-0.05, 0) is 25.8 Å². The van der Waals surface area contributed by atoms with Crippen LogP contribution < -0.4 is 0 Å². The van der Waals surface area contributed by atoms with Crippen LogP contribution in [-0.2, 0) is 11.2 Å². The van der Waals surface area contributed by atoms with E-state index in [4.69, 9.17) is 4.74 Å². The molecule has 0 saturated carbocycles. The first-order valence-corrected chi connectivity index (χ1v) is 5.54. The molecule has 0 spiro atoms. The number of H-pyrrole nitrogens is 1. The average molecular weight is 211 g/mol. The zero-order chi connectivity index (χ0) is 11.8. The van der Waals surface area contributed by atoms with Crippen molar-refractivity contribution >= 4 is 5.97 Å². The summed E-state index contributed by atoms with van der Waals surface area (Å²) in [5.74, 6) is -0.224. The molecule has 0 amide bonds. The van der Waals surface area contributed by atoms with Crippen LogP contribution in [0.25, 0.3) is 0 Å². The van der Waals surface area contributed by atoms with E-state index in [0.717, 1.165) is 17.7 Å². The van der Waals surface area contributed by atoms with Gasteiger partial charge >= 0.3 is 5.97 Å². The van der Waals surface area contributed by atoms with Gasteiger partial charge in [-0.25, -0.2) is 4.79 Å². The van der Waals surface area contributed by atoms with Gasteiger partial charge in [-0.1, -0.05) is 20.8 Å². The summed E-state index contributed by atoms with van der Waals surface area (Å²) in [6, 6.07) is 0. The number of carbonyl (C=O) groups excluding carboxylic acids is 1. The molecule has 15 heavy (non-hydrogen) atoms. The Kier molecular flexibility index (Phi) is 6.50. The molecule has 3 heteroatoms. The highest BCUT2D eigenvalue weighted by atomic mass is 16.5. The van der Waals surface area contributed by atoms with Crippen LogP contribution in [0, 0.1) is 6.92 Å². The van der Waals surface area contributed by atoms with Crippen LogP contribution in [0.3, 0.4) is 0 Å². The number of carbonyl (C=O) groups is 1. The van der Waals surface area contributed by atoms with E-state index < -0.39 is 0 Å². The minimum absolute atomic E-state index is 0.224. The van der Waals surface area contributed by atoms with E-state index in [0.29, 0.717) is 12.2 Å². The fraction of sp³-hybridized carbons (Fsp3) is 0.583. The molecule has 1 aromatic rings. The van der Waals surface area contributed by atoms with E-state index in [1.54, 1.807) is 0 Å². The molecule has 1 heterocycles. The molecule has 1 rings (SSSR count). The van der Waals surface area contributed by atoms with E-state index in [1.807, 2.05) is 40.8 Å². The lowest BCUT2D eigenvalue weighted by molar-refractivity contribution is 0.0524. The molecule has 0 aliphatic carbocycles. The van der Waals surface area contributed by atoms with Crippen molar-refractivity contribution in [1.29, 1.82) is 0 Å². The second kappa shape index (κ2) is 7.10. The van der Waals surface area contributed by atoms with Gasteiger partial charge in [-0.2, -0.15) is 0 Å². The quantitative estimate of drug-likeness (QED) is 0.781. The normalized spacial score (nSPS) is 9.13. The van der Waals surface area contributed by atoms with Gasteiger partial charge in [0.25, 0.3) is 0 Å². The molecule has 1 aromatic heterocycles. The van der Waals surface area contributed by atoms with Crippen LogP contribution in [0.1, 0.15) is 49.3 Å². The molecule has 3 nitrogen and oxygen atoms in total. The number of esters is 1. The molecule has 1 N–H and O–H groups in total. The summed E-state index contributed by atoms with van der Waals surface area (Å²) >= 11 is 0. The third-order valence-corrected chi connectivity index (χ3v) is 2.02. The molecule has 0 unspecified atom stereocenters. The lowest BCUT2D eigenvalue weighted by atomic mass is 10.1. The molecule has 0 bridgehead atoms. The number of hydrogen-bond donors (Lipinski definition) is 1. The Balaban J connectivity index is 0.000000921. The second-order valence-electron chi connectivity index (χ2n) is 2.89. The summed E-state index contributed by atoms with van der Waals surface area (Å²) < 4.78 is 4.95. The Bertz CT molecular complexity index is 303. The van der Waals surface area contributed by atoms with Crippen LogP contribution in [0.5, 0.6) is 0 Å². The largest absolute Gasteiger partial charge is 0.462 e. The van der Waals surface area contributed by atoms with Crippen molar-refractivity contribution in [3.63, 3.8) is 0 Å². The minimum Gasteiger partial charge on any atom is -0.462 e. The summed E-state index contributed by atoms with van der Waals surface area (Å²) in [4.78, 5) is 14.5. The van der Waals surface area contributed by atoms with E-state index >= 15 is 0 Å². The van der Waals surface area contributed by atoms with Crippen molar-refractivity contribution in [3.05, 3.63) is 23.0 Å². The maximum atomic E-state index is 11.5. The number of aromatic nitrogens is 1. The fourth-order valence-electron chi connectivity index (χ4n) is 1.35. The van der Waals surface area contributed by atoms with Gasteiger partial charge in [0, 0.05) is 11.9 Å². The first-order chi connectivity index (χ1) is 7.20. The summed E-state index contributed by atoms with van der Waals surface area (Å²) in [6.07, 6.45) is 2.71.